The van der Waals surface area contributed by atoms with Gasteiger partial charge in [-0.2, -0.15) is 0 Å². The van der Waals surface area contributed by atoms with Gasteiger partial charge in [0.2, 0.25) is 5.91 Å². The third-order valence-corrected chi connectivity index (χ3v) is 5.29. The molecule has 0 aliphatic heterocycles. The lowest BCUT2D eigenvalue weighted by molar-refractivity contribution is -0.130. The van der Waals surface area contributed by atoms with Crippen molar-refractivity contribution < 1.29 is 9.53 Å². The number of hydrogen-bond donors (Lipinski definition) is 0. The number of hydrogen-bond acceptors (Lipinski definition) is 2. The third kappa shape index (κ3) is 7.75. The zero-order chi connectivity index (χ0) is 20.4. The van der Waals surface area contributed by atoms with E-state index in [1.54, 1.807) is 0 Å². The van der Waals surface area contributed by atoms with Gasteiger partial charge in [-0.1, -0.05) is 57.5 Å². The highest BCUT2D eigenvalue weighted by atomic mass is 16.5. The largest absolute Gasteiger partial charge is 0.457 e. The number of nitrogens with zero attached hydrogens (tertiary/aromatic N) is 1. The molecule has 0 saturated heterocycles. The molecule has 0 bridgehead atoms. The molecule has 0 fully saturated rings. The van der Waals surface area contributed by atoms with Crippen LogP contribution < -0.4 is 4.74 Å². The highest BCUT2D eigenvalue weighted by Crippen LogP contribution is 2.22. The number of para-hydroxylation sites is 1. The van der Waals surface area contributed by atoms with Crippen molar-refractivity contribution in [3.8, 4) is 11.5 Å². The summed E-state index contributed by atoms with van der Waals surface area (Å²) in [4.78, 5) is 14.3. The highest BCUT2D eigenvalue weighted by Gasteiger charge is 2.15. The highest BCUT2D eigenvalue weighted by molar-refractivity contribution is 5.76. The molecule has 0 spiro atoms. The fourth-order valence-electron chi connectivity index (χ4n) is 3.42. The summed E-state index contributed by atoms with van der Waals surface area (Å²) in [7, 11) is 1.92. The summed E-state index contributed by atoms with van der Waals surface area (Å²) in [6, 6.07) is 18.0. The van der Waals surface area contributed by atoms with E-state index in [0.717, 1.165) is 37.3 Å². The van der Waals surface area contributed by atoms with Crippen LogP contribution in [-0.4, -0.2) is 24.4 Å². The number of benzene rings is 2. The van der Waals surface area contributed by atoms with Crippen molar-refractivity contribution in [2.75, 3.05) is 13.6 Å². The first kappa shape index (κ1) is 22.0. The van der Waals surface area contributed by atoms with E-state index in [-0.39, 0.29) is 5.91 Å². The van der Waals surface area contributed by atoms with E-state index < -0.39 is 0 Å². The van der Waals surface area contributed by atoms with Crippen molar-refractivity contribution in [2.24, 2.45) is 11.8 Å². The Labute approximate surface area is 170 Å². The molecule has 0 aromatic heterocycles. The number of carbonyl (C=O) groups is 1. The van der Waals surface area contributed by atoms with Gasteiger partial charge in [-0.3, -0.25) is 4.79 Å². The van der Waals surface area contributed by atoms with E-state index in [2.05, 4.69) is 32.9 Å². The maximum atomic E-state index is 12.4. The van der Waals surface area contributed by atoms with Crippen molar-refractivity contribution >= 4 is 5.91 Å². The summed E-state index contributed by atoms with van der Waals surface area (Å²) in [5, 5.41) is 0. The maximum absolute atomic E-state index is 12.4. The molecule has 0 aliphatic rings. The topological polar surface area (TPSA) is 29.5 Å². The molecule has 0 N–H and O–H groups in total. The number of ether oxygens (including phenoxy) is 1. The third-order valence-electron chi connectivity index (χ3n) is 5.29. The van der Waals surface area contributed by atoms with Crippen LogP contribution in [0.4, 0.5) is 0 Å². The Morgan fingerprint density at radius 1 is 1.00 bits per heavy atom. The Kier molecular flexibility index (Phi) is 9.06. The second-order valence-corrected chi connectivity index (χ2v) is 8.04. The first-order valence-corrected chi connectivity index (χ1v) is 10.5. The summed E-state index contributed by atoms with van der Waals surface area (Å²) >= 11 is 0. The number of carbonyl (C=O) groups excluding carboxylic acids is 1. The van der Waals surface area contributed by atoms with Crippen LogP contribution in [0, 0.1) is 11.8 Å². The lowest BCUT2D eigenvalue weighted by Gasteiger charge is -2.21. The summed E-state index contributed by atoms with van der Waals surface area (Å²) < 4.78 is 5.90. The van der Waals surface area contributed by atoms with Crippen LogP contribution in [0.25, 0.3) is 0 Å². The zero-order valence-corrected chi connectivity index (χ0v) is 17.9. The Balaban J connectivity index is 1.76. The predicted molar refractivity (Wildman–Crippen MR) is 117 cm³/mol. The van der Waals surface area contributed by atoms with E-state index in [9.17, 15) is 4.79 Å². The lowest BCUT2D eigenvalue weighted by atomic mass is 9.93. The van der Waals surface area contributed by atoms with Crippen LogP contribution in [0.15, 0.2) is 54.6 Å². The molecule has 3 heteroatoms. The fraction of sp³-hybridized carbons (Fsp3) is 0.480. The quantitative estimate of drug-likeness (QED) is 0.455. The smallest absolute Gasteiger partial charge is 0.222 e. The van der Waals surface area contributed by atoms with E-state index in [0.29, 0.717) is 18.3 Å². The molecule has 1 amide bonds. The van der Waals surface area contributed by atoms with Crippen LogP contribution in [0.2, 0.25) is 0 Å². The van der Waals surface area contributed by atoms with Gasteiger partial charge in [-0.15, -0.1) is 0 Å². The van der Waals surface area contributed by atoms with Crippen LogP contribution in [-0.2, 0) is 11.2 Å². The van der Waals surface area contributed by atoms with Gasteiger partial charge in [0.1, 0.15) is 11.5 Å². The van der Waals surface area contributed by atoms with Crippen molar-refractivity contribution in [2.45, 2.75) is 52.9 Å². The second kappa shape index (κ2) is 11.5. The second-order valence-electron chi connectivity index (χ2n) is 8.04. The number of amides is 1. The van der Waals surface area contributed by atoms with E-state index >= 15 is 0 Å². The average molecular weight is 382 g/mol. The Morgan fingerprint density at radius 3 is 2.43 bits per heavy atom. The van der Waals surface area contributed by atoms with Gasteiger partial charge in [-0.25, -0.2) is 0 Å². The van der Waals surface area contributed by atoms with Crippen LogP contribution in [0.3, 0.4) is 0 Å². The molecule has 0 saturated carbocycles. The van der Waals surface area contributed by atoms with Gasteiger partial charge in [0.05, 0.1) is 0 Å². The molecule has 28 heavy (non-hydrogen) atoms. The Bertz CT molecular complexity index is 713. The number of rotatable bonds is 11. The molecule has 0 heterocycles. The average Bonchev–Trinajstić information content (AvgIpc) is 2.68. The van der Waals surface area contributed by atoms with Crippen LogP contribution >= 0.6 is 0 Å². The normalized spacial score (nSPS) is 13.0. The van der Waals surface area contributed by atoms with Gasteiger partial charge in [0, 0.05) is 20.0 Å². The Morgan fingerprint density at radius 2 is 1.71 bits per heavy atom. The molecule has 0 aliphatic carbocycles. The van der Waals surface area contributed by atoms with Crippen molar-refractivity contribution in [1.29, 1.82) is 0 Å². The molecule has 2 rings (SSSR count). The van der Waals surface area contributed by atoms with Gasteiger partial charge in [-0.05, 0) is 60.9 Å². The zero-order valence-electron chi connectivity index (χ0n) is 17.9. The molecule has 2 aromatic rings. The summed E-state index contributed by atoms with van der Waals surface area (Å²) in [6.45, 7) is 7.46. The number of aryl methyl sites for hydroxylation is 1. The molecule has 152 valence electrons. The monoisotopic (exact) mass is 381 g/mol. The summed E-state index contributed by atoms with van der Waals surface area (Å²) in [5.74, 6) is 3.11. The van der Waals surface area contributed by atoms with Gasteiger partial charge < -0.3 is 9.64 Å². The van der Waals surface area contributed by atoms with Gasteiger partial charge in [0.15, 0.2) is 0 Å². The van der Waals surface area contributed by atoms with Crippen LogP contribution in [0.1, 0.15) is 52.0 Å². The minimum absolute atomic E-state index is 0.261. The van der Waals surface area contributed by atoms with Crippen LogP contribution in [0.5, 0.6) is 11.5 Å². The molecular formula is C25H35NO2. The van der Waals surface area contributed by atoms with Crippen molar-refractivity contribution in [3.05, 3.63) is 60.2 Å². The summed E-state index contributed by atoms with van der Waals surface area (Å²) in [6.07, 6.45) is 4.86. The fourth-order valence-corrected chi connectivity index (χ4v) is 3.42. The van der Waals surface area contributed by atoms with Gasteiger partial charge >= 0.3 is 0 Å². The minimum Gasteiger partial charge on any atom is -0.457 e. The standard InChI is InChI=1S/C25H35NO2/c1-5-20(2)17-21(3)18-25(27)26(4)16-10-12-22-11-9-15-24(19-22)28-23-13-7-6-8-14-23/h6-9,11,13-15,19-21H,5,10,12,16-18H2,1-4H3. The predicted octanol–water partition coefficient (Wildman–Crippen LogP) is 6.33. The van der Waals surface area contributed by atoms with E-state index in [1.165, 1.54) is 12.0 Å². The first-order chi connectivity index (χ1) is 13.5. The van der Waals surface area contributed by atoms with Crippen molar-refractivity contribution in [3.63, 3.8) is 0 Å². The SMILES string of the molecule is CCC(C)CC(C)CC(=O)N(C)CCCc1cccc(Oc2ccccc2)c1. The molecular weight excluding hydrogens is 346 g/mol. The summed E-state index contributed by atoms with van der Waals surface area (Å²) in [5.41, 5.74) is 1.24. The molecule has 0 radical (unpaired) electrons. The van der Waals surface area contributed by atoms with Crippen molar-refractivity contribution in [1.82, 2.24) is 4.90 Å². The van der Waals surface area contributed by atoms with Gasteiger partial charge in [0.25, 0.3) is 0 Å². The minimum atomic E-state index is 0.261. The lowest BCUT2D eigenvalue weighted by Crippen LogP contribution is -2.29. The molecule has 2 unspecified atom stereocenters. The molecule has 2 atom stereocenters. The maximum Gasteiger partial charge on any atom is 0.222 e. The van der Waals surface area contributed by atoms with E-state index in [4.69, 9.17) is 4.74 Å². The first-order valence-electron chi connectivity index (χ1n) is 10.5. The molecule has 2 aromatic carbocycles. The molecule has 3 nitrogen and oxygen atoms in total. The Hall–Kier alpha value is -2.29. The van der Waals surface area contributed by atoms with E-state index in [1.807, 2.05) is 54.4 Å².